The first-order valence-electron chi connectivity index (χ1n) is 7.01. The van der Waals surface area contributed by atoms with Gasteiger partial charge in [0.1, 0.15) is 0 Å². The van der Waals surface area contributed by atoms with E-state index in [0.717, 1.165) is 44.1 Å². The molecule has 0 atom stereocenters. The van der Waals surface area contributed by atoms with Crippen LogP contribution in [0.3, 0.4) is 0 Å². The number of nitrogens with two attached hydrogens (primary N) is 2. The zero-order valence-corrected chi connectivity index (χ0v) is 14.7. The average molecular weight is 337 g/mol. The minimum atomic E-state index is -0.251. The lowest BCUT2D eigenvalue weighted by Crippen LogP contribution is -2.28. The van der Waals surface area contributed by atoms with Crippen molar-refractivity contribution in [2.45, 2.75) is 6.42 Å². The lowest BCUT2D eigenvalue weighted by Gasteiger charge is -2.20. The van der Waals surface area contributed by atoms with Crippen LogP contribution >= 0.6 is 23.5 Å². The summed E-state index contributed by atoms with van der Waals surface area (Å²) in [6.45, 7) is 4.01. The normalized spacial score (nSPS) is 11.2. The predicted molar refractivity (Wildman–Crippen MR) is 92.6 cm³/mol. The molecule has 124 valence electrons. The number of nitrogens with zero attached hydrogens (tertiary/aromatic N) is 2. The van der Waals surface area contributed by atoms with Gasteiger partial charge in [-0.1, -0.05) is 0 Å². The van der Waals surface area contributed by atoms with Crippen molar-refractivity contribution in [2.24, 2.45) is 11.5 Å². The number of hydrogen-bond acceptors (Lipinski definition) is 6. The van der Waals surface area contributed by atoms with E-state index in [9.17, 15) is 9.59 Å². The molecule has 0 rings (SSSR count). The zero-order chi connectivity index (χ0) is 16.1. The van der Waals surface area contributed by atoms with Gasteiger partial charge in [-0.2, -0.15) is 23.5 Å². The fourth-order valence-corrected chi connectivity index (χ4v) is 3.19. The van der Waals surface area contributed by atoms with Gasteiger partial charge in [-0.25, -0.2) is 0 Å². The molecule has 0 aromatic carbocycles. The molecule has 0 unspecified atom stereocenters. The predicted octanol–water partition coefficient (Wildman–Crippen LogP) is -0.323. The van der Waals surface area contributed by atoms with Crippen molar-refractivity contribution in [1.82, 2.24) is 9.80 Å². The minimum Gasteiger partial charge on any atom is -0.369 e. The monoisotopic (exact) mass is 336 g/mol. The second kappa shape index (κ2) is 13.2. The Morgan fingerprint density at radius 2 is 1.19 bits per heavy atom. The molecule has 6 nitrogen and oxygen atoms in total. The van der Waals surface area contributed by atoms with Gasteiger partial charge in [0.2, 0.25) is 11.8 Å². The van der Waals surface area contributed by atoms with E-state index >= 15 is 0 Å². The third kappa shape index (κ3) is 15.8. The van der Waals surface area contributed by atoms with E-state index < -0.39 is 0 Å². The Morgan fingerprint density at radius 3 is 1.52 bits per heavy atom. The van der Waals surface area contributed by atoms with Gasteiger partial charge in [0.25, 0.3) is 0 Å². The van der Waals surface area contributed by atoms with Crippen molar-refractivity contribution in [3.05, 3.63) is 0 Å². The molecule has 0 aromatic rings. The summed E-state index contributed by atoms with van der Waals surface area (Å²) < 4.78 is 0. The van der Waals surface area contributed by atoms with Gasteiger partial charge in [-0.3, -0.25) is 9.59 Å². The first-order valence-corrected chi connectivity index (χ1v) is 9.32. The smallest absolute Gasteiger partial charge is 0.227 e. The molecule has 2 amide bonds. The van der Waals surface area contributed by atoms with E-state index in [1.54, 1.807) is 23.5 Å². The SMILES string of the molecule is CN(CCCN(C)CCSCC(N)=O)CCSCC(N)=O. The lowest BCUT2D eigenvalue weighted by molar-refractivity contribution is -0.116. The number of rotatable bonds is 14. The molecule has 4 N–H and O–H groups in total. The van der Waals surface area contributed by atoms with Crippen LogP contribution in [0, 0.1) is 0 Å². The first-order chi connectivity index (χ1) is 9.91. The highest BCUT2D eigenvalue weighted by molar-refractivity contribution is 8.00. The van der Waals surface area contributed by atoms with E-state index in [4.69, 9.17) is 11.5 Å². The highest BCUT2D eigenvalue weighted by atomic mass is 32.2. The van der Waals surface area contributed by atoms with E-state index in [1.807, 2.05) is 0 Å². The Bertz CT molecular complexity index is 278. The Hall–Kier alpha value is -0.440. The molecule has 0 aliphatic rings. The van der Waals surface area contributed by atoms with Crippen molar-refractivity contribution in [3.63, 3.8) is 0 Å². The summed E-state index contributed by atoms with van der Waals surface area (Å²) in [7, 11) is 4.18. The maximum absolute atomic E-state index is 10.6. The summed E-state index contributed by atoms with van der Waals surface area (Å²) in [4.78, 5) is 25.7. The Kier molecular flexibility index (Phi) is 13.0. The van der Waals surface area contributed by atoms with Crippen molar-refractivity contribution >= 4 is 35.3 Å². The van der Waals surface area contributed by atoms with Gasteiger partial charge in [0, 0.05) is 24.6 Å². The van der Waals surface area contributed by atoms with Crippen LogP contribution in [0.5, 0.6) is 0 Å². The number of primary amides is 2. The summed E-state index contributed by atoms with van der Waals surface area (Å²) in [5.74, 6) is 2.16. The van der Waals surface area contributed by atoms with Crippen LogP contribution < -0.4 is 11.5 Å². The Morgan fingerprint density at radius 1 is 0.810 bits per heavy atom. The average Bonchev–Trinajstić information content (AvgIpc) is 2.39. The van der Waals surface area contributed by atoms with Gasteiger partial charge < -0.3 is 21.3 Å². The van der Waals surface area contributed by atoms with Crippen molar-refractivity contribution < 1.29 is 9.59 Å². The van der Waals surface area contributed by atoms with Crippen LogP contribution in [-0.4, -0.2) is 84.9 Å². The van der Waals surface area contributed by atoms with Gasteiger partial charge in [-0.15, -0.1) is 0 Å². The first kappa shape index (κ1) is 20.6. The molecule has 0 saturated carbocycles. The van der Waals surface area contributed by atoms with Gasteiger partial charge in [0.05, 0.1) is 11.5 Å². The summed E-state index contributed by atoms with van der Waals surface area (Å²) in [5, 5.41) is 0. The Labute approximate surface area is 136 Å². The number of hydrogen-bond donors (Lipinski definition) is 2. The van der Waals surface area contributed by atoms with Crippen LogP contribution in [0.1, 0.15) is 6.42 Å². The van der Waals surface area contributed by atoms with E-state index in [1.165, 1.54) is 0 Å². The third-order valence-corrected chi connectivity index (χ3v) is 4.72. The second-order valence-electron chi connectivity index (χ2n) is 5.00. The number of amides is 2. The largest absolute Gasteiger partial charge is 0.369 e. The topological polar surface area (TPSA) is 92.7 Å². The molecule has 21 heavy (non-hydrogen) atoms. The van der Waals surface area contributed by atoms with E-state index in [-0.39, 0.29) is 11.8 Å². The number of thioether (sulfide) groups is 2. The lowest BCUT2D eigenvalue weighted by atomic mass is 10.3. The van der Waals surface area contributed by atoms with Gasteiger partial charge >= 0.3 is 0 Å². The summed E-state index contributed by atoms with van der Waals surface area (Å²) in [6.07, 6.45) is 1.11. The summed E-state index contributed by atoms with van der Waals surface area (Å²) in [6, 6.07) is 0. The summed E-state index contributed by atoms with van der Waals surface area (Å²) in [5.41, 5.74) is 10.2. The molecule has 0 aliphatic carbocycles. The van der Waals surface area contributed by atoms with Crippen LogP contribution in [0.4, 0.5) is 0 Å². The minimum absolute atomic E-state index is 0.251. The maximum Gasteiger partial charge on any atom is 0.227 e. The van der Waals surface area contributed by atoms with E-state index in [2.05, 4.69) is 23.9 Å². The molecule has 8 heteroatoms. The van der Waals surface area contributed by atoms with Crippen LogP contribution in [0.2, 0.25) is 0 Å². The maximum atomic E-state index is 10.6. The number of carbonyl (C=O) groups excluding carboxylic acids is 2. The summed E-state index contributed by atoms with van der Waals surface area (Å²) >= 11 is 3.16. The zero-order valence-electron chi connectivity index (χ0n) is 13.0. The quantitative estimate of drug-likeness (QED) is 0.422. The molecule has 0 fully saturated rings. The standard InChI is InChI=1S/C13H28N4O2S2/c1-16(6-8-20-10-12(14)18)4-3-5-17(2)7-9-21-11-13(15)19/h3-11H2,1-2H3,(H2,14,18)(H2,15,19). The van der Waals surface area contributed by atoms with Crippen LogP contribution in [-0.2, 0) is 9.59 Å². The molecule has 0 radical (unpaired) electrons. The van der Waals surface area contributed by atoms with E-state index in [0.29, 0.717) is 11.5 Å². The highest BCUT2D eigenvalue weighted by Crippen LogP contribution is 2.01. The molecule has 0 aromatic heterocycles. The number of carbonyl (C=O) groups is 2. The molecule has 0 aliphatic heterocycles. The fraction of sp³-hybridized carbons (Fsp3) is 0.846. The molecular formula is C13H28N4O2S2. The highest BCUT2D eigenvalue weighted by Gasteiger charge is 2.03. The van der Waals surface area contributed by atoms with Crippen LogP contribution in [0.15, 0.2) is 0 Å². The molecule has 0 saturated heterocycles. The van der Waals surface area contributed by atoms with Crippen molar-refractivity contribution in [1.29, 1.82) is 0 Å². The second-order valence-corrected chi connectivity index (χ2v) is 7.21. The van der Waals surface area contributed by atoms with Crippen LogP contribution in [0.25, 0.3) is 0 Å². The third-order valence-electron chi connectivity index (χ3n) is 2.80. The fourth-order valence-electron chi connectivity index (χ4n) is 1.62. The van der Waals surface area contributed by atoms with Gasteiger partial charge in [-0.05, 0) is 33.6 Å². The van der Waals surface area contributed by atoms with Crippen molar-refractivity contribution in [2.75, 3.05) is 63.3 Å². The Balaban J connectivity index is 3.42. The molecule has 0 bridgehead atoms. The van der Waals surface area contributed by atoms with Crippen molar-refractivity contribution in [3.8, 4) is 0 Å². The molecular weight excluding hydrogens is 308 g/mol. The van der Waals surface area contributed by atoms with Gasteiger partial charge in [0.15, 0.2) is 0 Å². The molecule has 0 spiro atoms. The molecule has 0 heterocycles.